The topological polar surface area (TPSA) is 46.2 Å². The molecule has 12 heavy (non-hydrogen) atoms. The fourth-order valence-electron chi connectivity index (χ4n) is 0.706. The third-order valence-corrected chi connectivity index (χ3v) is 1.43. The van der Waals surface area contributed by atoms with Gasteiger partial charge in [-0.05, 0) is 12.1 Å². The Morgan fingerprint density at radius 1 is 1.17 bits per heavy atom. The molecule has 0 aliphatic carbocycles. The number of benzene rings is 1. The highest BCUT2D eigenvalue weighted by atomic mass is 32.1. The lowest BCUT2D eigenvalue weighted by Gasteiger charge is -1.99. The van der Waals surface area contributed by atoms with Crippen molar-refractivity contribution in [3.05, 3.63) is 30.3 Å². The van der Waals surface area contributed by atoms with Crippen LogP contribution in [0.5, 0.6) is 0 Å². The predicted octanol–water partition coefficient (Wildman–Crippen LogP) is 1.08. The summed E-state index contributed by atoms with van der Waals surface area (Å²) in [5, 5.41) is 1.58. The van der Waals surface area contributed by atoms with Crippen molar-refractivity contribution < 1.29 is 9.59 Å². The normalized spacial score (nSPS) is 9.08. The van der Waals surface area contributed by atoms with E-state index < -0.39 is 11.0 Å². The van der Waals surface area contributed by atoms with Crippen LogP contribution >= 0.6 is 12.6 Å². The first kappa shape index (κ1) is 8.80. The average molecular weight is 181 g/mol. The number of carbonyl (C=O) groups excluding carboxylic acids is 2. The van der Waals surface area contributed by atoms with Gasteiger partial charge in [-0.1, -0.05) is 30.8 Å². The molecule has 4 heteroatoms. The Labute approximate surface area is 75.2 Å². The molecule has 1 aromatic rings. The molecule has 0 heterocycles. The molecule has 1 amide bonds. The van der Waals surface area contributed by atoms with Crippen molar-refractivity contribution in [3.63, 3.8) is 0 Å². The molecule has 0 radical (unpaired) electrons. The number of thiol groups is 1. The number of para-hydroxylation sites is 1. The molecule has 0 bridgehead atoms. The summed E-state index contributed by atoms with van der Waals surface area (Å²) in [6.45, 7) is 0. The number of hydrogen-bond donors (Lipinski definition) is 2. The molecule has 0 saturated heterocycles. The van der Waals surface area contributed by atoms with E-state index in [1.807, 2.05) is 6.07 Å². The van der Waals surface area contributed by atoms with E-state index in [4.69, 9.17) is 0 Å². The molecule has 0 aliphatic heterocycles. The van der Waals surface area contributed by atoms with E-state index in [-0.39, 0.29) is 0 Å². The first-order valence-electron chi connectivity index (χ1n) is 3.29. The van der Waals surface area contributed by atoms with Crippen molar-refractivity contribution in [1.82, 2.24) is 0 Å². The quantitative estimate of drug-likeness (QED) is 0.529. The lowest BCUT2D eigenvalue weighted by molar-refractivity contribution is -0.129. The smallest absolute Gasteiger partial charge is 0.302 e. The maximum Gasteiger partial charge on any atom is 0.302 e. The van der Waals surface area contributed by atoms with E-state index in [0.29, 0.717) is 5.69 Å². The summed E-state index contributed by atoms with van der Waals surface area (Å²) < 4.78 is 0. The molecule has 62 valence electrons. The van der Waals surface area contributed by atoms with Crippen LogP contribution in [0.15, 0.2) is 30.3 Å². The third-order valence-electron chi connectivity index (χ3n) is 1.23. The standard InChI is InChI=1S/C8H7NO2S/c10-7(8(11)12)9-6-4-2-1-3-5-6/h1-5H,(H,9,10)(H,11,12). The SMILES string of the molecule is O=C(S)C(=O)Nc1ccccc1. The van der Waals surface area contributed by atoms with E-state index in [0.717, 1.165) is 0 Å². The molecule has 0 aromatic heterocycles. The summed E-state index contributed by atoms with van der Waals surface area (Å²) in [4.78, 5) is 21.2. The highest BCUT2D eigenvalue weighted by molar-refractivity contribution is 7.98. The van der Waals surface area contributed by atoms with Gasteiger partial charge in [-0.15, -0.1) is 0 Å². The van der Waals surface area contributed by atoms with Gasteiger partial charge < -0.3 is 5.32 Å². The lowest BCUT2D eigenvalue weighted by atomic mass is 10.3. The van der Waals surface area contributed by atoms with Gasteiger partial charge in [-0.3, -0.25) is 9.59 Å². The number of hydrogen-bond acceptors (Lipinski definition) is 2. The van der Waals surface area contributed by atoms with Crippen molar-refractivity contribution in [2.75, 3.05) is 5.32 Å². The Morgan fingerprint density at radius 2 is 1.75 bits per heavy atom. The zero-order valence-electron chi connectivity index (χ0n) is 6.15. The van der Waals surface area contributed by atoms with Gasteiger partial charge in [0.2, 0.25) is 0 Å². The minimum atomic E-state index is -0.793. The maximum atomic E-state index is 10.8. The van der Waals surface area contributed by atoms with Crippen molar-refractivity contribution in [2.24, 2.45) is 0 Å². The zero-order valence-corrected chi connectivity index (χ0v) is 7.04. The largest absolute Gasteiger partial charge is 0.319 e. The van der Waals surface area contributed by atoms with Crippen molar-refractivity contribution in [3.8, 4) is 0 Å². The molecule has 1 aromatic carbocycles. The van der Waals surface area contributed by atoms with E-state index in [1.165, 1.54) is 0 Å². The van der Waals surface area contributed by atoms with Crippen molar-refractivity contribution in [2.45, 2.75) is 0 Å². The number of carbonyl (C=O) groups is 2. The van der Waals surface area contributed by atoms with Crippen LogP contribution in [0.4, 0.5) is 5.69 Å². The summed E-state index contributed by atoms with van der Waals surface area (Å²) in [5.41, 5.74) is 0.588. The Morgan fingerprint density at radius 3 is 2.25 bits per heavy atom. The first-order chi connectivity index (χ1) is 5.70. The summed E-state index contributed by atoms with van der Waals surface area (Å²) in [6.07, 6.45) is 0. The third kappa shape index (κ3) is 2.39. The molecule has 0 atom stereocenters. The second-order valence-electron chi connectivity index (χ2n) is 2.13. The van der Waals surface area contributed by atoms with E-state index in [1.54, 1.807) is 24.3 Å². The monoisotopic (exact) mass is 181 g/mol. The van der Waals surface area contributed by atoms with Gasteiger partial charge in [0.1, 0.15) is 0 Å². The van der Waals surface area contributed by atoms with Gasteiger partial charge in [0, 0.05) is 5.69 Å². The zero-order chi connectivity index (χ0) is 8.97. The van der Waals surface area contributed by atoms with Gasteiger partial charge in [0.05, 0.1) is 0 Å². The molecule has 0 saturated carbocycles. The molecule has 0 spiro atoms. The second-order valence-corrected chi connectivity index (χ2v) is 2.53. The second kappa shape index (κ2) is 3.92. The summed E-state index contributed by atoms with van der Waals surface area (Å²) in [7, 11) is 0. The van der Waals surface area contributed by atoms with Crippen LogP contribution in [-0.4, -0.2) is 11.0 Å². The highest BCUT2D eigenvalue weighted by Crippen LogP contribution is 2.04. The van der Waals surface area contributed by atoms with Crippen LogP contribution in [0, 0.1) is 0 Å². The average Bonchev–Trinajstić information content (AvgIpc) is 2.06. The molecule has 1 rings (SSSR count). The molecular weight excluding hydrogens is 174 g/mol. The maximum absolute atomic E-state index is 10.8. The molecular formula is C8H7NO2S. The van der Waals surface area contributed by atoms with E-state index in [2.05, 4.69) is 17.9 Å². The minimum Gasteiger partial charge on any atom is -0.319 e. The van der Waals surface area contributed by atoms with E-state index in [9.17, 15) is 9.59 Å². The molecule has 1 N–H and O–H groups in total. The van der Waals surface area contributed by atoms with Crippen LogP contribution in [0.25, 0.3) is 0 Å². The molecule has 0 aliphatic rings. The number of nitrogens with one attached hydrogen (secondary N) is 1. The minimum absolute atomic E-state index is 0.588. The van der Waals surface area contributed by atoms with Gasteiger partial charge >= 0.3 is 5.91 Å². The fourth-order valence-corrected chi connectivity index (χ4v) is 0.762. The van der Waals surface area contributed by atoms with E-state index >= 15 is 0 Å². The van der Waals surface area contributed by atoms with Gasteiger partial charge in [0.15, 0.2) is 0 Å². The Kier molecular flexibility index (Phi) is 2.88. The van der Waals surface area contributed by atoms with Gasteiger partial charge in [-0.2, -0.15) is 0 Å². The molecule has 0 unspecified atom stereocenters. The Hall–Kier alpha value is -1.29. The molecule has 0 fully saturated rings. The van der Waals surface area contributed by atoms with Gasteiger partial charge in [-0.25, -0.2) is 0 Å². The summed E-state index contributed by atoms with van der Waals surface area (Å²) in [5.74, 6) is -0.718. The van der Waals surface area contributed by atoms with Gasteiger partial charge in [0.25, 0.3) is 5.12 Å². The lowest BCUT2D eigenvalue weighted by Crippen LogP contribution is -2.17. The van der Waals surface area contributed by atoms with Crippen LogP contribution in [0.3, 0.4) is 0 Å². The van der Waals surface area contributed by atoms with Crippen LogP contribution in [-0.2, 0) is 9.59 Å². The van der Waals surface area contributed by atoms with Crippen LogP contribution < -0.4 is 5.32 Å². The molecule has 3 nitrogen and oxygen atoms in total. The number of amides is 1. The number of rotatable bonds is 2. The van der Waals surface area contributed by atoms with Crippen molar-refractivity contribution in [1.29, 1.82) is 0 Å². The first-order valence-corrected chi connectivity index (χ1v) is 3.74. The number of anilines is 1. The van der Waals surface area contributed by atoms with Crippen molar-refractivity contribution >= 4 is 29.3 Å². The van der Waals surface area contributed by atoms with Crippen LogP contribution in [0.1, 0.15) is 0 Å². The van der Waals surface area contributed by atoms with Crippen LogP contribution in [0.2, 0.25) is 0 Å². The summed E-state index contributed by atoms with van der Waals surface area (Å²) >= 11 is 3.37. The Bertz CT molecular complexity index is 297. The Balaban J connectivity index is 2.65. The highest BCUT2D eigenvalue weighted by Gasteiger charge is 2.07. The predicted molar refractivity (Wildman–Crippen MR) is 49.1 cm³/mol. The summed E-state index contributed by atoms with van der Waals surface area (Å²) in [6, 6.07) is 8.72. The fraction of sp³-hybridized carbons (Fsp3) is 0.